The number of halogens is 1. The SMILES string of the molecule is Cc1c(NC(=O)Cc2cccc(F)c2)cccc1C(=O)NC(C)(C)C. The third-order valence-corrected chi connectivity index (χ3v) is 3.59. The number of carbonyl (C=O) groups excluding carboxylic acids is 2. The second-order valence-corrected chi connectivity index (χ2v) is 7.04. The molecule has 0 aliphatic rings. The molecule has 5 heteroatoms. The molecular weight excluding hydrogens is 319 g/mol. The van der Waals surface area contributed by atoms with Crippen molar-refractivity contribution in [1.82, 2.24) is 5.32 Å². The Labute approximate surface area is 147 Å². The Bertz CT molecular complexity index is 795. The minimum Gasteiger partial charge on any atom is -0.347 e. The predicted octanol–water partition coefficient (Wildman–Crippen LogP) is 3.84. The van der Waals surface area contributed by atoms with Crippen molar-refractivity contribution in [1.29, 1.82) is 0 Å². The summed E-state index contributed by atoms with van der Waals surface area (Å²) in [6.07, 6.45) is 0.0651. The highest BCUT2D eigenvalue weighted by Gasteiger charge is 2.18. The van der Waals surface area contributed by atoms with Gasteiger partial charge in [0, 0.05) is 16.8 Å². The van der Waals surface area contributed by atoms with Gasteiger partial charge in [-0.1, -0.05) is 18.2 Å². The highest BCUT2D eigenvalue weighted by atomic mass is 19.1. The number of amides is 2. The van der Waals surface area contributed by atoms with E-state index >= 15 is 0 Å². The lowest BCUT2D eigenvalue weighted by atomic mass is 10.0. The first-order chi connectivity index (χ1) is 11.7. The molecule has 0 aromatic heterocycles. The van der Waals surface area contributed by atoms with Gasteiger partial charge in [0.1, 0.15) is 5.82 Å². The minimum atomic E-state index is -0.373. The van der Waals surface area contributed by atoms with Crippen molar-refractivity contribution >= 4 is 17.5 Å². The number of benzene rings is 2. The van der Waals surface area contributed by atoms with Crippen molar-refractivity contribution in [2.75, 3.05) is 5.32 Å². The van der Waals surface area contributed by atoms with Crippen LogP contribution in [0.1, 0.15) is 42.3 Å². The highest BCUT2D eigenvalue weighted by Crippen LogP contribution is 2.20. The Kier molecular flexibility index (Phi) is 5.57. The number of anilines is 1. The fraction of sp³-hybridized carbons (Fsp3) is 0.300. The standard InChI is InChI=1S/C20H23FN2O2/c1-13-16(19(25)23-20(2,3)4)9-6-10-17(13)22-18(24)12-14-7-5-8-15(21)11-14/h5-11H,12H2,1-4H3,(H,22,24)(H,23,25). The second-order valence-electron chi connectivity index (χ2n) is 7.04. The number of hydrogen-bond donors (Lipinski definition) is 2. The lowest BCUT2D eigenvalue weighted by Gasteiger charge is -2.21. The van der Waals surface area contributed by atoms with Gasteiger partial charge in [0.25, 0.3) is 5.91 Å². The predicted molar refractivity (Wildman–Crippen MR) is 97.1 cm³/mol. The molecule has 0 heterocycles. The summed E-state index contributed by atoms with van der Waals surface area (Å²) in [4.78, 5) is 24.6. The molecule has 0 bridgehead atoms. The van der Waals surface area contributed by atoms with Crippen LogP contribution in [0.25, 0.3) is 0 Å². The molecule has 0 aliphatic carbocycles. The molecule has 0 fully saturated rings. The van der Waals surface area contributed by atoms with E-state index < -0.39 is 0 Å². The van der Waals surface area contributed by atoms with Gasteiger partial charge in [-0.15, -0.1) is 0 Å². The van der Waals surface area contributed by atoms with Gasteiger partial charge in [-0.25, -0.2) is 4.39 Å². The zero-order chi connectivity index (χ0) is 18.6. The maximum Gasteiger partial charge on any atom is 0.252 e. The van der Waals surface area contributed by atoms with Crippen LogP contribution >= 0.6 is 0 Å². The second kappa shape index (κ2) is 7.47. The quantitative estimate of drug-likeness (QED) is 0.887. The molecular formula is C20H23FN2O2. The van der Waals surface area contributed by atoms with Gasteiger partial charge in [0.05, 0.1) is 6.42 Å². The molecule has 2 rings (SSSR count). The molecule has 2 amide bonds. The van der Waals surface area contributed by atoms with Gasteiger partial charge >= 0.3 is 0 Å². The summed E-state index contributed by atoms with van der Waals surface area (Å²) in [5, 5.41) is 5.70. The van der Waals surface area contributed by atoms with E-state index in [1.807, 2.05) is 20.8 Å². The fourth-order valence-corrected chi connectivity index (χ4v) is 2.45. The van der Waals surface area contributed by atoms with Crippen LogP contribution in [0.15, 0.2) is 42.5 Å². The number of nitrogens with one attached hydrogen (secondary N) is 2. The average molecular weight is 342 g/mol. The van der Waals surface area contributed by atoms with Crippen LogP contribution in [0.2, 0.25) is 0 Å². The highest BCUT2D eigenvalue weighted by molar-refractivity contribution is 5.99. The summed E-state index contributed by atoms with van der Waals surface area (Å²) >= 11 is 0. The van der Waals surface area contributed by atoms with E-state index in [-0.39, 0.29) is 29.6 Å². The molecule has 0 saturated carbocycles. The average Bonchev–Trinajstić information content (AvgIpc) is 2.47. The van der Waals surface area contributed by atoms with Crippen LogP contribution in [0.5, 0.6) is 0 Å². The van der Waals surface area contributed by atoms with Crippen LogP contribution in [-0.4, -0.2) is 17.4 Å². The van der Waals surface area contributed by atoms with Crippen LogP contribution < -0.4 is 10.6 Å². The van der Waals surface area contributed by atoms with Crippen molar-refractivity contribution in [2.24, 2.45) is 0 Å². The van der Waals surface area contributed by atoms with Crippen LogP contribution in [0.4, 0.5) is 10.1 Å². The third kappa shape index (κ3) is 5.41. The molecule has 2 aromatic rings. The topological polar surface area (TPSA) is 58.2 Å². The van der Waals surface area contributed by atoms with E-state index in [2.05, 4.69) is 10.6 Å². The van der Waals surface area contributed by atoms with Crippen molar-refractivity contribution < 1.29 is 14.0 Å². The molecule has 2 aromatic carbocycles. The Morgan fingerprint density at radius 3 is 2.40 bits per heavy atom. The summed E-state index contributed by atoms with van der Waals surface area (Å²) in [7, 11) is 0. The molecule has 0 radical (unpaired) electrons. The smallest absolute Gasteiger partial charge is 0.252 e. The van der Waals surface area contributed by atoms with E-state index in [1.165, 1.54) is 12.1 Å². The van der Waals surface area contributed by atoms with E-state index in [4.69, 9.17) is 0 Å². The number of rotatable bonds is 4. The summed E-state index contributed by atoms with van der Waals surface area (Å²) in [6, 6.07) is 11.1. The monoisotopic (exact) mass is 342 g/mol. The van der Waals surface area contributed by atoms with Gasteiger partial charge in [-0.3, -0.25) is 9.59 Å². The third-order valence-electron chi connectivity index (χ3n) is 3.59. The van der Waals surface area contributed by atoms with E-state index in [0.29, 0.717) is 22.4 Å². The van der Waals surface area contributed by atoms with Gasteiger partial charge < -0.3 is 10.6 Å². The van der Waals surface area contributed by atoms with Gasteiger partial charge in [-0.2, -0.15) is 0 Å². The Hall–Kier alpha value is -2.69. The molecule has 0 aliphatic heterocycles. The van der Waals surface area contributed by atoms with Crippen molar-refractivity contribution in [3.8, 4) is 0 Å². The van der Waals surface area contributed by atoms with Gasteiger partial charge in [0.15, 0.2) is 0 Å². The molecule has 0 saturated heterocycles. The van der Waals surface area contributed by atoms with E-state index in [1.54, 1.807) is 37.3 Å². The first kappa shape index (κ1) is 18.6. The molecule has 0 spiro atoms. The Morgan fingerprint density at radius 2 is 1.76 bits per heavy atom. The maximum absolute atomic E-state index is 13.2. The summed E-state index contributed by atoms with van der Waals surface area (Å²) in [5.74, 6) is -0.823. The molecule has 2 N–H and O–H groups in total. The zero-order valence-electron chi connectivity index (χ0n) is 14.9. The minimum absolute atomic E-state index is 0.0651. The van der Waals surface area contributed by atoms with Crippen LogP contribution in [-0.2, 0) is 11.2 Å². The fourth-order valence-electron chi connectivity index (χ4n) is 2.45. The molecule has 4 nitrogen and oxygen atoms in total. The molecule has 0 unspecified atom stereocenters. The van der Waals surface area contributed by atoms with Gasteiger partial charge in [0.2, 0.25) is 5.91 Å². The Morgan fingerprint density at radius 1 is 1.08 bits per heavy atom. The van der Waals surface area contributed by atoms with E-state index in [9.17, 15) is 14.0 Å². The summed E-state index contributed by atoms with van der Waals surface area (Å²) in [5.41, 5.74) is 2.02. The van der Waals surface area contributed by atoms with E-state index in [0.717, 1.165) is 0 Å². The van der Waals surface area contributed by atoms with Crippen molar-refractivity contribution in [2.45, 2.75) is 39.7 Å². The maximum atomic E-state index is 13.2. The molecule has 25 heavy (non-hydrogen) atoms. The first-order valence-electron chi connectivity index (χ1n) is 8.12. The summed E-state index contributed by atoms with van der Waals surface area (Å²) in [6.45, 7) is 7.51. The molecule has 0 atom stereocenters. The first-order valence-corrected chi connectivity index (χ1v) is 8.12. The van der Waals surface area contributed by atoms with Crippen LogP contribution in [0, 0.1) is 12.7 Å². The normalized spacial score (nSPS) is 11.1. The zero-order valence-corrected chi connectivity index (χ0v) is 14.9. The van der Waals surface area contributed by atoms with Crippen molar-refractivity contribution in [3.05, 3.63) is 65.0 Å². The Balaban J connectivity index is 2.13. The lowest BCUT2D eigenvalue weighted by molar-refractivity contribution is -0.115. The summed E-state index contributed by atoms with van der Waals surface area (Å²) < 4.78 is 13.2. The largest absolute Gasteiger partial charge is 0.347 e. The van der Waals surface area contributed by atoms with Crippen molar-refractivity contribution in [3.63, 3.8) is 0 Å². The molecule has 132 valence electrons. The van der Waals surface area contributed by atoms with Gasteiger partial charge in [-0.05, 0) is 63.1 Å². The lowest BCUT2D eigenvalue weighted by Crippen LogP contribution is -2.40. The van der Waals surface area contributed by atoms with Crippen LogP contribution in [0.3, 0.4) is 0 Å². The number of carbonyl (C=O) groups is 2. The number of hydrogen-bond acceptors (Lipinski definition) is 2.